The maximum absolute atomic E-state index is 9.02. The molecule has 0 radical (unpaired) electrons. The highest BCUT2D eigenvalue weighted by Gasteiger charge is 2.21. The van der Waals surface area contributed by atoms with Crippen LogP contribution >= 0.6 is 0 Å². The SMILES string of the molecule is COc1ccc(C#N)c(OC2CCC(N)CC2)n1. The van der Waals surface area contributed by atoms with Crippen LogP contribution in [0, 0.1) is 11.3 Å². The lowest BCUT2D eigenvalue weighted by Crippen LogP contribution is -2.32. The third-order valence-corrected chi connectivity index (χ3v) is 3.16. The first-order valence-electron chi connectivity index (χ1n) is 6.10. The van der Waals surface area contributed by atoms with Crippen LogP contribution in [0.5, 0.6) is 11.8 Å². The summed E-state index contributed by atoms with van der Waals surface area (Å²) < 4.78 is 10.8. The molecule has 0 atom stereocenters. The van der Waals surface area contributed by atoms with Gasteiger partial charge in [0.15, 0.2) is 0 Å². The fraction of sp³-hybridized carbons (Fsp3) is 0.538. The Balaban J connectivity index is 2.10. The fourth-order valence-corrected chi connectivity index (χ4v) is 2.08. The van der Waals surface area contributed by atoms with Crippen LogP contribution in [0.1, 0.15) is 31.2 Å². The molecule has 0 aliphatic heterocycles. The van der Waals surface area contributed by atoms with Gasteiger partial charge in [-0.25, -0.2) is 0 Å². The van der Waals surface area contributed by atoms with Crippen LogP contribution in [0.2, 0.25) is 0 Å². The molecule has 1 aliphatic carbocycles. The topological polar surface area (TPSA) is 81.2 Å². The Morgan fingerprint density at radius 2 is 2.06 bits per heavy atom. The van der Waals surface area contributed by atoms with Gasteiger partial charge in [0.05, 0.1) is 7.11 Å². The molecule has 1 aliphatic rings. The van der Waals surface area contributed by atoms with Crippen molar-refractivity contribution in [1.82, 2.24) is 4.98 Å². The molecule has 1 aromatic heterocycles. The molecule has 2 N–H and O–H groups in total. The van der Waals surface area contributed by atoms with Crippen molar-refractivity contribution < 1.29 is 9.47 Å². The lowest BCUT2D eigenvalue weighted by atomic mass is 9.94. The molecule has 5 nitrogen and oxygen atoms in total. The van der Waals surface area contributed by atoms with E-state index in [9.17, 15) is 0 Å². The summed E-state index contributed by atoms with van der Waals surface area (Å²) in [7, 11) is 1.54. The van der Waals surface area contributed by atoms with Gasteiger partial charge in [0, 0.05) is 12.1 Å². The van der Waals surface area contributed by atoms with E-state index >= 15 is 0 Å². The van der Waals surface area contributed by atoms with Crippen LogP contribution in [0.4, 0.5) is 0 Å². The minimum atomic E-state index is 0.0940. The minimum Gasteiger partial charge on any atom is -0.481 e. The Labute approximate surface area is 107 Å². The molecule has 1 fully saturated rings. The molecule has 0 saturated heterocycles. The van der Waals surface area contributed by atoms with Crippen LogP contribution in [0.15, 0.2) is 12.1 Å². The number of methoxy groups -OCH3 is 1. The van der Waals surface area contributed by atoms with Gasteiger partial charge >= 0.3 is 0 Å². The second kappa shape index (κ2) is 5.69. The molecule has 0 bridgehead atoms. The van der Waals surface area contributed by atoms with Crippen molar-refractivity contribution in [2.24, 2.45) is 5.73 Å². The fourth-order valence-electron chi connectivity index (χ4n) is 2.08. The van der Waals surface area contributed by atoms with Crippen LogP contribution in [0.3, 0.4) is 0 Å². The summed E-state index contributed by atoms with van der Waals surface area (Å²) in [6.07, 6.45) is 3.82. The molecule has 1 heterocycles. The first kappa shape index (κ1) is 12.7. The van der Waals surface area contributed by atoms with E-state index in [4.69, 9.17) is 20.5 Å². The van der Waals surface area contributed by atoms with Gasteiger partial charge in [0.1, 0.15) is 17.7 Å². The van der Waals surface area contributed by atoms with E-state index < -0.39 is 0 Å². The molecule has 1 aromatic rings. The Kier molecular flexibility index (Phi) is 4.00. The number of aromatic nitrogens is 1. The number of nitrogens with two attached hydrogens (primary N) is 1. The minimum absolute atomic E-state index is 0.0940. The molecule has 0 spiro atoms. The highest BCUT2D eigenvalue weighted by molar-refractivity contribution is 5.40. The van der Waals surface area contributed by atoms with Gasteiger partial charge in [0.25, 0.3) is 0 Å². The van der Waals surface area contributed by atoms with E-state index in [2.05, 4.69) is 11.1 Å². The van der Waals surface area contributed by atoms with Crippen molar-refractivity contribution in [2.45, 2.75) is 37.8 Å². The van der Waals surface area contributed by atoms with Gasteiger partial charge in [-0.2, -0.15) is 10.2 Å². The zero-order valence-electron chi connectivity index (χ0n) is 10.4. The van der Waals surface area contributed by atoms with E-state index in [-0.39, 0.29) is 12.1 Å². The van der Waals surface area contributed by atoms with E-state index in [0.29, 0.717) is 17.3 Å². The Morgan fingerprint density at radius 1 is 1.33 bits per heavy atom. The number of ether oxygens (including phenoxy) is 2. The summed E-state index contributed by atoms with van der Waals surface area (Å²) in [6.45, 7) is 0. The Bertz CT molecular complexity index is 448. The van der Waals surface area contributed by atoms with Gasteiger partial charge in [-0.05, 0) is 31.7 Å². The Hall–Kier alpha value is -1.80. The highest BCUT2D eigenvalue weighted by Crippen LogP contribution is 2.25. The molecule has 2 rings (SSSR count). The summed E-state index contributed by atoms with van der Waals surface area (Å²) in [5.41, 5.74) is 6.28. The zero-order chi connectivity index (χ0) is 13.0. The van der Waals surface area contributed by atoms with Gasteiger partial charge in [-0.1, -0.05) is 0 Å². The second-order valence-electron chi connectivity index (χ2n) is 4.47. The summed E-state index contributed by atoms with van der Waals surface area (Å²) in [5.74, 6) is 0.814. The van der Waals surface area contributed by atoms with Gasteiger partial charge in [-0.15, -0.1) is 0 Å². The normalized spacial score (nSPS) is 23.2. The lowest BCUT2D eigenvalue weighted by molar-refractivity contribution is 0.139. The number of hydrogen-bond acceptors (Lipinski definition) is 5. The van der Waals surface area contributed by atoms with Crippen molar-refractivity contribution in [1.29, 1.82) is 5.26 Å². The zero-order valence-corrected chi connectivity index (χ0v) is 10.4. The summed E-state index contributed by atoms with van der Waals surface area (Å²) in [6, 6.07) is 5.67. The summed E-state index contributed by atoms with van der Waals surface area (Å²) >= 11 is 0. The number of pyridine rings is 1. The predicted molar refractivity (Wildman–Crippen MR) is 66.4 cm³/mol. The first-order valence-corrected chi connectivity index (χ1v) is 6.10. The first-order chi connectivity index (χ1) is 8.72. The maximum Gasteiger partial charge on any atom is 0.235 e. The van der Waals surface area contributed by atoms with Crippen molar-refractivity contribution in [3.63, 3.8) is 0 Å². The van der Waals surface area contributed by atoms with Crippen LogP contribution in [-0.4, -0.2) is 24.2 Å². The summed E-state index contributed by atoms with van der Waals surface area (Å²) in [5, 5.41) is 9.02. The molecule has 1 saturated carbocycles. The van der Waals surface area contributed by atoms with Crippen LogP contribution in [-0.2, 0) is 0 Å². The monoisotopic (exact) mass is 247 g/mol. The number of nitrogens with zero attached hydrogens (tertiary/aromatic N) is 2. The van der Waals surface area contributed by atoms with Crippen LogP contribution in [0.25, 0.3) is 0 Å². The van der Waals surface area contributed by atoms with E-state index in [1.165, 1.54) is 7.11 Å². The average molecular weight is 247 g/mol. The van der Waals surface area contributed by atoms with E-state index in [0.717, 1.165) is 25.7 Å². The number of rotatable bonds is 3. The number of hydrogen-bond donors (Lipinski definition) is 1. The molecule has 0 unspecified atom stereocenters. The lowest BCUT2D eigenvalue weighted by Gasteiger charge is -2.26. The largest absolute Gasteiger partial charge is 0.481 e. The molecular formula is C13H17N3O2. The smallest absolute Gasteiger partial charge is 0.235 e. The van der Waals surface area contributed by atoms with Crippen molar-refractivity contribution >= 4 is 0 Å². The van der Waals surface area contributed by atoms with Crippen molar-refractivity contribution in [3.05, 3.63) is 17.7 Å². The second-order valence-corrected chi connectivity index (χ2v) is 4.47. The molecular weight excluding hydrogens is 230 g/mol. The maximum atomic E-state index is 9.02. The average Bonchev–Trinajstić information content (AvgIpc) is 2.41. The van der Waals surface area contributed by atoms with Gasteiger partial charge < -0.3 is 15.2 Å². The molecule has 5 heteroatoms. The predicted octanol–water partition coefficient (Wildman–Crippen LogP) is 1.61. The quantitative estimate of drug-likeness (QED) is 0.877. The van der Waals surface area contributed by atoms with E-state index in [1.807, 2.05) is 0 Å². The molecule has 18 heavy (non-hydrogen) atoms. The molecule has 0 aromatic carbocycles. The van der Waals surface area contributed by atoms with E-state index in [1.54, 1.807) is 12.1 Å². The highest BCUT2D eigenvalue weighted by atomic mass is 16.5. The third-order valence-electron chi connectivity index (χ3n) is 3.16. The number of nitriles is 1. The van der Waals surface area contributed by atoms with Crippen molar-refractivity contribution in [2.75, 3.05) is 7.11 Å². The Morgan fingerprint density at radius 3 is 2.67 bits per heavy atom. The molecule has 0 amide bonds. The van der Waals surface area contributed by atoms with Crippen molar-refractivity contribution in [3.8, 4) is 17.8 Å². The molecule has 96 valence electrons. The van der Waals surface area contributed by atoms with Crippen LogP contribution < -0.4 is 15.2 Å². The van der Waals surface area contributed by atoms with Gasteiger partial charge in [0.2, 0.25) is 11.8 Å². The standard InChI is InChI=1S/C13H17N3O2/c1-17-12-7-2-9(8-14)13(16-12)18-11-5-3-10(15)4-6-11/h2,7,10-11H,3-6,15H2,1H3. The third kappa shape index (κ3) is 2.90. The summed E-state index contributed by atoms with van der Waals surface area (Å²) in [4.78, 5) is 4.18. The van der Waals surface area contributed by atoms with Gasteiger partial charge in [-0.3, -0.25) is 0 Å².